The van der Waals surface area contributed by atoms with Gasteiger partial charge in [0.05, 0.1) is 32.0 Å². The third-order valence-electron chi connectivity index (χ3n) is 21.8. The Balaban J connectivity index is 0.000000184. The first-order chi connectivity index (χ1) is 65.2. The van der Waals surface area contributed by atoms with Crippen molar-refractivity contribution in [2.24, 2.45) is 0 Å². The number of fused-ring (bicyclic) bond motifs is 4. The molecule has 1 heterocycles. The number of hydrogen-bond acceptors (Lipinski definition) is 23. The molecule has 0 spiro atoms. The number of rotatable bonds is 38. The molecule has 0 aliphatic carbocycles. The number of β-amino-alcohol motifs (C(OH)–C–C–N with tert-alkyl or cyclic N) is 1. The molecule has 1 saturated heterocycles. The summed E-state index contributed by atoms with van der Waals surface area (Å²) in [6.07, 6.45) is 1.81. The third kappa shape index (κ3) is 37.4. The topological polar surface area (TPSA) is 378 Å². The van der Waals surface area contributed by atoms with Gasteiger partial charge >= 0.3 is 0 Å². The fraction of sp³-hybridized carbons (Fsp3) is 0.321. The minimum Gasteiger partial charge on any atom is -0.508 e. The smallest absolute Gasteiger partial charge is 0.178 e. The molecule has 1 fully saturated rings. The predicted molar refractivity (Wildman–Crippen MR) is 544 cm³/mol. The van der Waals surface area contributed by atoms with Gasteiger partial charge in [-0.05, 0) is 205 Å². The number of aryl methyl sites for hydroxylation is 3. The summed E-state index contributed by atoms with van der Waals surface area (Å²) in [6, 6.07) is 95.3. The lowest BCUT2D eigenvalue weighted by Gasteiger charge is -2.23. The minimum absolute atomic E-state index is 0.0214. The number of aromatic hydroxyl groups is 3. The van der Waals surface area contributed by atoms with Crippen LogP contribution in [0.15, 0.2) is 297 Å². The lowest BCUT2D eigenvalue weighted by molar-refractivity contribution is -0.0425. The normalized spacial score (nSPS) is 13.1. The predicted octanol–water partition coefficient (Wildman–Crippen LogP) is 18.1. The van der Waals surface area contributed by atoms with Crippen molar-refractivity contribution in [3.8, 4) is 40.2 Å². The summed E-state index contributed by atoms with van der Waals surface area (Å²) in [5, 5.41) is 140. The van der Waals surface area contributed by atoms with Crippen molar-refractivity contribution in [3.05, 3.63) is 347 Å². The van der Waals surface area contributed by atoms with Crippen molar-refractivity contribution < 1.29 is 85.0 Å². The second kappa shape index (κ2) is 56.7. The first-order valence-electron chi connectivity index (χ1n) is 46.4. The molecule has 1 aliphatic rings. The van der Waals surface area contributed by atoms with Gasteiger partial charge in [-0.25, -0.2) is 0 Å². The number of ether oxygens (including phenoxy) is 5. The van der Waals surface area contributed by atoms with Crippen LogP contribution in [0.5, 0.6) is 40.2 Å². The number of aliphatic hydroxyl groups excluding tert-OH is 8. The van der Waals surface area contributed by atoms with Crippen LogP contribution in [0.4, 0.5) is 17.1 Å². The van der Waals surface area contributed by atoms with E-state index in [1.807, 2.05) is 191 Å². The van der Waals surface area contributed by atoms with E-state index in [1.165, 1.54) is 52.6 Å². The van der Waals surface area contributed by atoms with Crippen LogP contribution in [0.3, 0.4) is 0 Å². The minimum atomic E-state index is -1.46. The zero-order chi connectivity index (χ0) is 96.9. The van der Waals surface area contributed by atoms with Crippen LogP contribution < -0.4 is 51.3 Å². The Labute approximate surface area is 794 Å². The number of phenols is 3. The summed E-state index contributed by atoms with van der Waals surface area (Å²) >= 11 is 0. The molecule has 718 valence electrons. The van der Waals surface area contributed by atoms with Gasteiger partial charge < -0.3 is 117 Å². The maximum absolute atomic E-state index is 10.4. The maximum Gasteiger partial charge on any atom is 0.178 e. The Hall–Kier alpha value is -12.4. The van der Waals surface area contributed by atoms with Gasteiger partial charge in [-0.2, -0.15) is 0 Å². The molecule has 19 N–H and O–H groups in total. The van der Waals surface area contributed by atoms with Crippen molar-refractivity contribution in [1.29, 1.82) is 0 Å². The van der Waals surface area contributed by atoms with Crippen LogP contribution in [0.25, 0.3) is 43.1 Å². The number of phenolic OH excluding ortho intramolecular Hbond substituents is 1. The SMILES string of the molecule is CC(C)(C)NCC(O)c1ccc(O)c(CO)c1.CC(C)NCC(O)COc1cccc2ccccc12.CCCc1ccc(N)cc1.CCCc1ccc(NCC(O)COc2cccc3ccccc23)cc1.CCc1cc(C(O)O)ccc1O.OCc1cc(C(O)CNCCc2ccc(NCC(O)COc3cccc4ccccc34)cc2)ccc1O.c1ccc2c(OCC3CO3)cccc2c1. The number of hydrogen-bond donors (Lipinski definition) is 18. The van der Waals surface area contributed by atoms with E-state index in [0.717, 1.165) is 116 Å². The maximum atomic E-state index is 10.4. The van der Waals surface area contributed by atoms with Crippen molar-refractivity contribution >= 4 is 60.2 Å². The Morgan fingerprint density at radius 3 is 1.11 bits per heavy atom. The number of nitrogen functional groups attached to an aromatic ring is 1. The molecule has 14 aromatic carbocycles. The van der Waals surface area contributed by atoms with E-state index < -0.39 is 36.8 Å². The van der Waals surface area contributed by atoms with E-state index in [0.29, 0.717) is 98.9 Å². The van der Waals surface area contributed by atoms with E-state index in [9.17, 15) is 46.0 Å². The van der Waals surface area contributed by atoms with E-state index >= 15 is 0 Å². The largest absolute Gasteiger partial charge is 0.508 e. The zero-order valence-corrected chi connectivity index (χ0v) is 78.8. The van der Waals surface area contributed by atoms with E-state index in [2.05, 4.69) is 133 Å². The van der Waals surface area contributed by atoms with Gasteiger partial charge in [0.15, 0.2) is 6.29 Å². The molecule has 0 aromatic heterocycles. The molecule has 0 amide bonds. The monoisotopic (exact) mass is 1840 g/mol. The Morgan fingerprint density at radius 2 is 0.741 bits per heavy atom. The lowest BCUT2D eigenvalue weighted by Crippen LogP contribution is -2.38. The third-order valence-corrected chi connectivity index (χ3v) is 21.8. The first-order valence-corrected chi connectivity index (χ1v) is 46.4. The van der Waals surface area contributed by atoms with Crippen LogP contribution in [-0.4, -0.2) is 170 Å². The van der Waals surface area contributed by atoms with Gasteiger partial charge in [0.1, 0.15) is 91.1 Å². The molecule has 135 heavy (non-hydrogen) atoms. The van der Waals surface area contributed by atoms with Crippen LogP contribution >= 0.6 is 0 Å². The summed E-state index contributed by atoms with van der Waals surface area (Å²) < 4.78 is 28.3. The number of nitrogens with one attached hydrogen (secondary N) is 5. The van der Waals surface area contributed by atoms with Crippen molar-refractivity contribution in [3.63, 3.8) is 0 Å². The molecule has 15 rings (SSSR count). The van der Waals surface area contributed by atoms with E-state index in [1.54, 1.807) is 30.3 Å². The van der Waals surface area contributed by atoms with Crippen LogP contribution in [-0.2, 0) is 43.6 Å². The van der Waals surface area contributed by atoms with Gasteiger partial charge in [-0.1, -0.05) is 248 Å². The van der Waals surface area contributed by atoms with Crippen molar-refractivity contribution in [1.82, 2.24) is 16.0 Å². The molecular formula is C112H138N6O17. The molecule has 23 heteroatoms. The zero-order valence-electron chi connectivity index (χ0n) is 78.8. The van der Waals surface area contributed by atoms with Gasteiger partial charge in [-0.15, -0.1) is 0 Å². The number of anilines is 3. The van der Waals surface area contributed by atoms with Crippen LogP contribution in [0.2, 0.25) is 0 Å². The van der Waals surface area contributed by atoms with Gasteiger partial charge in [-0.3, -0.25) is 0 Å². The fourth-order valence-corrected chi connectivity index (χ4v) is 14.1. The lowest BCUT2D eigenvalue weighted by atomic mass is 10.0. The standard InChI is InChI=1S/C30H34N2O5.C22H25NO2.C16H21NO2.C13H21NO3.C13H12O2.C9H13N.C9H12O3/c33-19-24-16-23(10-13-28(24)35)29(36)18-31-15-14-21-8-11-25(12-9-21)32-17-26(34)20-37-30-7-3-5-22-4-1-2-6-27(22)30;1-2-6-17-11-13-19(14-12-17)23-15-20(24)16-25-22-10-5-8-18-7-3-4-9-21(18)22;1-12(2)17-10-14(18)11-19-16-9-5-7-13-6-3-4-8-15(13)16;1-13(2,3)14-7-12(17)9-4-5-11(16)10(6-9)8-15;1-2-6-12-10(4-1)5-3-7-13(12)15-9-11-8-14-11;1-2-3-8-4-6-9(10)7-5-8;1-2-6-5-7(9(11)12)3-4-8(6)10/h1-13,16,26,29,31-36H,14-15,17-20H2;3-5,7-14,20,23-24H,2,6,15-16H2,1H3;3-9,12,14,17-18H,10-11H2,1-2H3;4-6,12,14-17H,7-8H2,1-3H3;1-7,11H,8-9H2;4-7H,2-3,10H2,1H3;3-5,9-12H,2H2,1H3. The average Bonchev–Trinajstić information content (AvgIpc) is 1.28. The van der Waals surface area contributed by atoms with Gasteiger partial charge in [0.25, 0.3) is 0 Å². The molecule has 14 aromatic rings. The summed E-state index contributed by atoms with van der Waals surface area (Å²) in [6.45, 7) is 21.0. The molecule has 1 aliphatic heterocycles. The van der Waals surface area contributed by atoms with E-state index in [4.69, 9.17) is 44.7 Å². The molecule has 23 nitrogen and oxygen atoms in total. The summed E-state index contributed by atoms with van der Waals surface area (Å²) in [5.74, 6) is 3.61. The van der Waals surface area contributed by atoms with Crippen molar-refractivity contribution in [2.45, 2.75) is 162 Å². The number of aliphatic hydroxyl groups is 9. The summed E-state index contributed by atoms with van der Waals surface area (Å²) in [7, 11) is 0. The molecule has 6 unspecified atom stereocenters. The Kier molecular flexibility index (Phi) is 44.6. The van der Waals surface area contributed by atoms with Gasteiger partial charge in [0, 0.05) is 99.6 Å². The number of benzene rings is 14. The average molecular weight is 1840 g/mol. The van der Waals surface area contributed by atoms with Crippen molar-refractivity contribution in [2.75, 3.05) is 88.7 Å². The molecule has 6 atom stereocenters. The fourth-order valence-electron chi connectivity index (χ4n) is 14.1. The first kappa shape index (κ1) is 106. The highest BCUT2D eigenvalue weighted by Gasteiger charge is 2.24. The molecular weight excluding hydrogens is 1700 g/mol. The summed E-state index contributed by atoms with van der Waals surface area (Å²) in [4.78, 5) is 0. The molecule has 0 saturated carbocycles. The molecule has 0 radical (unpaired) electrons. The van der Waals surface area contributed by atoms with E-state index in [-0.39, 0.29) is 49.2 Å². The van der Waals surface area contributed by atoms with Gasteiger partial charge in [0.2, 0.25) is 0 Å². The summed E-state index contributed by atoms with van der Waals surface area (Å²) in [5.41, 5.74) is 15.4. The quantitative estimate of drug-likeness (QED) is 0.00739. The number of epoxide rings is 1. The molecule has 0 bridgehead atoms. The Morgan fingerprint density at radius 1 is 0.393 bits per heavy atom. The van der Waals surface area contributed by atoms with Crippen LogP contribution in [0.1, 0.15) is 137 Å². The second-order valence-corrected chi connectivity index (χ2v) is 34.4. The van der Waals surface area contributed by atoms with Crippen LogP contribution in [0, 0.1) is 0 Å². The Bertz CT molecular complexity index is 5760. The highest BCUT2D eigenvalue weighted by Crippen LogP contribution is 2.32. The highest BCUT2D eigenvalue weighted by molar-refractivity contribution is 5.90. The second-order valence-electron chi connectivity index (χ2n) is 34.4. The highest BCUT2D eigenvalue weighted by atomic mass is 16.6. The number of nitrogens with two attached hydrogens (primary N) is 1.